The minimum Gasteiger partial charge on any atom is -0.533 e. The number of fused-ring (bicyclic) bond motifs is 1. The summed E-state index contributed by atoms with van der Waals surface area (Å²) >= 11 is 0. The maximum absolute atomic E-state index is 9.67. The summed E-state index contributed by atoms with van der Waals surface area (Å²) < 4.78 is 13.7. The van der Waals surface area contributed by atoms with Gasteiger partial charge in [0.1, 0.15) is 0 Å². The standard InChI is InChI=1S/C5H10BO7/c1-4(7)5(8)3(2-11-4)12-6(9,10)13-5/h3,7-10H,2H2,1H3/q-1/t3-,4-,5-/m0/s1. The molecule has 4 N–H and O–H groups in total. The first-order valence-corrected chi connectivity index (χ1v) is 3.81. The molecule has 0 saturated carbocycles. The van der Waals surface area contributed by atoms with Gasteiger partial charge in [0.25, 0.3) is 0 Å². The third-order valence-electron chi connectivity index (χ3n) is 2.29. The summed E-state index contributed by atoms with van der Waals surface area (Å²) in [4.78, 5) is 0. The first kappa shape index (κ1) is 9.34. The van der Waals surface area contributed by atoms with Crippen molar-refractivity contribution < 1.29 is 34.3 Å². The van der Waals surface area contributed by atoms with Crippen molar-refractivity contribution >= 4 is 6.96 Å². The lowest BCUT2D eigenvalue weighted by atomic mass is 10.1. The highest BCUT2D eigenvalue weighted by atomic mass is 16.9. The van der Waals surface area contributed by atoms with Gasteiger partial charge in [0.15, 0.2) is 0 Å². The van der Waals surface area contributed by atoms with Crippen LogP contribution in [-0.4, -0.2) is 51.5 Å². The molecule has 0 spiro atoms. The lowest BCUT2D eigenvalue weighted by Gasteiger charge is -2.35. The van der Waals surface area contributed by atoms with E-state index in [4.69, 9.17) is 14.8 Å². The molecule has 0 aliphatic carbocycles. The Morgan fingerprint density at radius 1 is 1.38 bits per heavy atom. The zero-order chi connectivity index (χ0) is 9.91. The van der Waals surface area contributed by atoms with Crippen molar-refractivity contribution in [3.05, 3.63) is 0 Å². The number of hydrogen-bond acceptors (Lipinski definition) is 7. The molecule has 7 nitrogen and oxygen atoms in total. The smallest absolute Gasteiger partial charge is 0.528 e. The van der Waals surface area contributed by atoms with Gasteiger partial charge in [-0.1, -0.05) is 0 Å². The van der Waals surface area contributed by atoms with E-state index in [1.165, 1.54) is 0 Å². The maximum atomic E-state index is 9.67. The predicted molar refractivity (Wildman–Crippen MR) is 37.7 cm³/mol. The van der Waals surface area contributed by atoms with E-state index in [2.05, 4.69) is 9.31 Å². The molecule has 0 aromatic carbocycles. The summed E-state index contributed by atoms with van der Waals surface area (Å²) in [5.74, 6) is -4.23. The van der Waals surface area contributed by atoms with Crippen LogP contribution in [0, 0.1) is 0 Å². The molecule has 13 heavy (non-hydrogen) atoms. The van der Waals surface area contributed by atoms with Gasteiger partial charge in [0.2, 0.25) is 11.6 Å². The predicted octanol–water partition coefficient (Wildman–Crippen LogP) is -2.75. The van der Waals surface area contributed by atoms with Gasteiger partial charge >= 0.3 is 6.96 Å². The summed E-state index contributed by atoms with van der Waals surface area (Å²) in [6.07, 6.45) is -1.10. The lowest BCUT2D eigenvalue weighted by molar-refractivity contribution is -0.314. The molecular weight excluding hydrogens is 183 g/mol. The van der Waals surface area contributed by atoms with Crippen molar-refractivity contribution in [2.45, 2.75) is 24.6 Å². The van der Waals surface area contributed by atoms with Gasteiger partial charge in [-0.25, -0.2) is 0 Å². The van der Waals surface area contributed by atoms with E-state index in [1.54, 1.807) is 0 Å². The molecule has 0 bridgehead atoms. The summed E-state index contributed by atoms with van der Waals surface area (Å²) in [7, 11) is 0. The Labute approximate surface area is 73.5 Å². The van der Waals surface area contributed by atoms with Crippen LogP contribution >= 0.6 is 0 Å². The van der Waals surface area contributed by atoms with Crippen molar-refractivity contribution in [2.75, 3.05) is 6.61 Å². The minimum absolute atomic E-state index is 0.173. The molecule has 0 radical (unpaired) electrons. The maximum Gasteiger partial charge on any atom is 0.528 e. The van der Waals surface area contributed by atoms with Gasteiger partial charge in [-0.15, -0.1) is 0 Å². The third kappa shape index (κ3) is 1.12. The average Bonchev–Trinajstić information content (AvgIpc) is 2.27. The van der Waals surface area contributed by atoms with E-state index in [0.29, 0.717) is 0 Å². The van der Waals surface area contributed by atoms with Crippen LogP contribution in [0.15, 0.2) is 0 Å². The Balaban J connectivity index is 2.31. The largest absolute Gasteiger partial charge is 0.533 e. The summed E-state index contributed by atoms with van der Waals surface area (Å²) in [5, 5.41) is 37.0. The molecule has 0 unspecified atom stereocenters. The third-order valence-corrected chi connectivity index (χ3v) is 2.29. The number of ether oxygens (including phenoxy) is 1. The molecule has 2 saturated heterocycles. The van der Waals surface area contributed by atoms with Crippen molar-refractivity contribution in [3.63, 3.8) is 0 Å². The summed E-state index contributed by atoms with van der Waals surface area (Å²) in [5.41, 5.74) is 0. The monoisotopic (exact) mass is 193 g/mol. The highest BCUT2D eigenvalue weighted by molar-refractivity contribution is 6.51. The van der Waals surface area contributed by atoms with Gasteiger partial charge in [0.05, 0.1) is 12.7 Å². The van der Waals surface area contributed by atoms with E-state index in [0.717, 1.165) is 6.92 Å². The van der Waals surface area contributed by atoms with Crippen molar-refractivity contribution in [1.82, 2.24) is 0 Å². The van der Waals surface area contributed by atoms with Crippen LogP contribution in [-0.2, 0) is 14.0 Å². The highest BCUT2D eigenvalue weighted by Crippen LogP contribution is 2.43. The summed E-state index contributed by atoms with van der Waals surface area (Å²) in [6.45, 7) is -2.54. The quantitative estimate of drug-likeness (QED) is 0.309. The molecule has 3 atom stereocenters. The Bertz CT molecular complexity index is 241. The molecule has 2 aliphatic heterocycles. The van der Waals surface area contributed by atoms with E-state index < -0.39 is 24.6 Å². The zero-order valence-electron chi connectivity index (χ0n) is 6.88. The number of hydrogen-bond donors (Lipinski definition) is 4. The van der Waals surface area contributed by atoms with Crippen LogP contribution in [0.2, 0.25) is 0 Å². The van der Waals surface area contributed by atoms with E-state index in [-0.39, 0.29) is 6.61 Å². The number of rotatable bonds is 0. The molecule has 2 heterocycles. The second-order valence-corrected chi connectivity index (χ2v) is 3.37. The Morgan fingerprint density at radius 2 is 2.00 bits per heavy atom. The van der Waals surface area contributed by atoms with Gasteiger partial charge in [-0.3, -0.25) is 0 Å². The van der Waals surface area contributed by atoms with Crippen molar-refractivity contribution in [2.24, 2.45) is 0 Å². The molecular formula is C5H10BO7-. The number of aliphatic hydroxyl groups is 2. The molecule has 76 valence electrons. The summed E-state index contributed by atoms with van der Waals surface area (Å²) in [6, 6.07) is 0. The SMILES string of the molecule is C[C@]1(O)OC[C@@H]2O[B-](O)(O)O[C@@]21O. The Hall–Kier alpha value is -0.215. The van der Waals surface area contributed by atoms with Gasteiger partial charge in [-0.2, -0.15) is 0 Å². The van der Waals surface area contributed by atoms with Crippen LogP contribution < -0.4 is 0 Å². The fraction of sp³-hybridized carbons (Fsp3) is 1.00. The van der Waals surface area contributed by atoms with Crippen LogP contribution in [0.4, 0.5) is 0 Å². The lowest BCUT2D eigenvalue weighted by Crippen LogP contribution is -2.55. The van der Waals surface area contributed by atoms with Crippen molar-refractivity contribution in [1.29, 1.82) is 0 Å². The van der Waals surface area contributed by atoms with Crippen LogP contribution in [0.5, 0.6) is 0 Å². The van der Waals surface area contributed by atoms with E-state index >= 15 is 0 Å². The fourth-order valence-corrected chi connectivity index (χ4v) is 1.55. The van der Waals surface area contributed by atoms with Gasteiger partial charge in [-0.05, 0) is 6.92 Å². The first-order valence-electron chi connectivity index (χ1n) is 3.81. The van der Waals surface area contributed by atoms with E-state index in [9.17, 15) is 10.2 Å². The average molecular weight is 193 g/mol. The topological polar surface area (TPSA) is 109 Å². The molecule has 8 heteroatoms. The van der Waals surface area contributed by atoms with E-state index in [1.807, 2.05) is 0 Å². The molecule has 2 fully saturated rings. The van der Waals surface area contributed by atoms with Crippen molar-refractivity contribution in [3.8, 4) is 0 Å². The van der Waals surface area contributed by atoms with Crippen LogP contribution in [0.1, 0.15) is 6.92 Å². The Morgan fingerprint density at radius 3 is 2.54 bits per heavy atom. The molecule has 0 amide bonds. The Kier molecular flexibility index (Phi) is 1.60. The molecule has 2 rings (SSSR count). The highest BCUT2D eigenvalue weighted by Gasteiger charge is 2.65. The first-order chi connectivity index (χ1) is 5.77. The van der Waals surface area contributed by atoms with Crippen LogP contribution in [0.3, 0.4) is 0 Å². The normalized spacial score (nSPS) is 53.8. The minimum atomic E-state index is -3.51. The van der Waals surface area contributed by atoms with Gasteiger partial charge < -0.3 is 34.3 Å². The van der Waals surface area contributed by atoms with Gasteiger partial charge in [0, 0.05) is 0 Å². The second-order valence-electron chi connectivity index (χ2n) is 3.37. The zero-order valence-corrected chi connectivity index (χ0v) is 6.88. The van der Waals surface area contributed by atoms with Crippen LogP contribution in [0.25, 0.3) is 0 Å². The fourth-order valence-electron chi connectivity index (χ4n) is 1.55. The second kappa shape index (κ2) is 2.23. The molecule has 2 aliphatic rings. The molecule has 0 aromatic heterocycles. The molecule has 0 aromatic rings.